The maximum atomic E-state index is 10.7. The van der Waals surface area contributed by atoms with Crippen LogP contribution in [0, 0.1) is 11.8 Å². The average Bonchev–Trinajstić information content (AvgIpc) is 2.17. The minimum Gasteiger partial charge on any atom is -0.303 e. The lowest BCUT2D eigenvalue weighted by Crippen LogP contribution is -2.48. The zero-order valence-electron chi connectivity index (χ0n) is 8.41. The molecule has 2 saturated heterocycles. The first-order valence-electron chi connectivity index (χ1n) is 5.49. The summed E-state index contributed by atoms with van der Waals surface area (Å²) in [6.07, 6.45) is 6.19. The number of piperidine rings is 2. The molecule has 3 atom stereocenters. The molecule has 0 aromatic carbocycles. The number of aldehydes is 1. The molecule has 0 bridgehead atoms. The molecule has 0 aromatic rings. The first kappa shape index (κ1) is 9.20. The van der Waals surface area contributed by atoms with Crippen LogP contribution in [-0.4, -0.2) is 30.3 Å². The largest absolute Gasteiger partial charge is 0.303 e. The Morgan fingerprint density at radius 1 is 1.31 bits per heavy atom. The Kier molecular flexibility index (Phi) is 2.68. The van der Waals surface area contributed by atoms with Crippen LogP contribution >= 0.6 is 0 Å². The van der Waals surface area contributed by atoms with Gasteiger partial charge in [0.05, 0.1) is 0 Å². The number of nitrogens with zero attached hydrogens (tertiary/aromatic N) is 1. The molecule has 2 aliphatic rings. The monoisotopic (exact) mass is 181 g/mol. The fraction of sp³-hybridized carbons (Fsp3) is 0.909. The number of hydrogen-bond donors (Lipinski definition) is 0. The summed E-state index contributed by atoms with van der Waals surface area (Å²) in [5.74, 6) is 1.22. The van der Waals surface area contributed by atoms with Crippen molar-refractivity contribution in [3.05, 3.63) is 0 Å². The van der Waals surface area contributed by atoms with Crippen LogP contribution in [0.1, 0.15) is 32.6 Å². The fourth-order valence-electron chi connectivity index (χ4n) is 2.75. The highest BCUT2D eigenvalue weighted by Gasteiger charge is 2.31. The fourth-order valence-corrected chi connectivity index (χ4v) is 2.75. The molecule has 0 radical (unpaired) electrons. The SMILES string of the molecule is CC1CCN2C[C@H](C=O)CCC2C1. The summed E-state index contributed by atoms with van der Waals surface area (Å²) in [5.41, 5.74) is 0. The zero-order chi connectivity index (χ0) is 9.26. The quantitative estimate of drug-likeness (QED) is 0.574. The lowest BCUT2D eigenvalue weighted by Gasteiger charge is -2.43. The smallest absolute Gasteiger partial charge is 0.124 e. The predicted molar refractivity (Wildman–Crippen MR) is 52.5 cm³/mol. The first-order valence-corrected chi connectivity index (χ1v) is 5.49. The summed E-state index contributed by atoms with van der Waals surface area (Å²) in [4.78, 5) is 13.2. The lowest BCUT2D eigenvalue weighted by atomic mass is 9.84. The van der Waals surface area contributed by atoms with Crippen molar-refractivity contribution in [2.75, 3.05) is 13.1 Å². The third-order valence-electron chi connectivity index (χ3n) is 3.63. The van der Waals surface area contributed by atoms with Gasteiger partial charge in [-0.1, -0.05) is 6.92 Å². The number of carbonyl (C=O) groups excluding carboxylic acids is 1. The van der Waals surface area contributed by atoms with Gasteiger partial charge in [-0.25, -0.2) is 0 Å². The molecule has 0 amide bonds. The molecule has 2 unspecified atom stereocenters. The van der Waals surface area contributed by atoms with E-state index in [2.05, 4.69) is 11.8 Å². The van der Waals surface area contributed by atoms with E-state index in [-0.39, 0.29) is 0 Å². The Morgan fingerprint density at radius 3 is 2.92 bits per heavy atom. The van der Waals surface area contributed by atoms with Crippen LogP contribution in [0.15, 0.2) is 0 Å². The Bertz CT molecular complexity index is 193. The second kappa shape index (κ2) is 3.79. The third-order valence-corrected chi connectivity index (χ3v) is 3.63. The van der Waals surface area contributed by atoms with Crippen molar-refractivity contribution in [3.8, 4) is 0 Å². The van der Waals surface area contributed by atoms with Gasteiger partial charge in [0.25, 0.3) is 0 Å². The van der Waals surface area contributed by atoms with E-state index >= 15 is 0 Å². The molecule has 2 rings (SSSR count). The normalized spacial score (nSPS) is 41.2. The topological polar surface area (TPSA) is 20.3 Å². The van der Waals surface area contributed by atoms with Crippen LogP contribution in [0.25, 0.3) is 0 Å². The van der Waals surface area contributed by atoms with E-state index in [9.17, 15) is 4.79 Å². The summed E-state index contributed by atoms with van der Waals surface area (Å²) in [6, 6.07) is 0.792. The second-order valence-electron chi connectivity index (χ2n) is 4.75. The zero-order valence-corrected chi connectivity index (χ0v) is 8.41. The number of fused-ring (bicyclic) bond motifs is 1. The van der Waals surface area contributed by atoms with Crippen molar-refractivity contribution in [1.82, 2.24) is 4.90 Å². The van der Waals surface area contributed by atoms with Gasteiger partial charge in [0.2, 0.25) is 0 Å². The van der Waals surface area contributed by atoms with Gasteiger partial charge in [-0.05, 0) is 38.1 Å². The van der Waals surface area contributed by atoms with Crippen LogP contribution in [0.5, 0.6) is 0 Å². The number of rotatable bonds is 1. The number of carbonyl (C=O) groups is 1. The molecule has 2 heterocycles. The molecule has 0 saturated carbocycles. The van der Waals surface area contributed by atoms with Crippen molar-refractivity contribution in [2.24, 2.45) is 11.8 Å². The van der Waals surface area contributed by atoms with Crippen LogP contribution in [0.4, 0.5) is 0 Å². The van der Waals surface area contributed by atoms with E-state index in [1.165, 1.54) is 25.8 Å². The highest BCUT2D eigenvalue weighted by Crippen LogP contribution is 2.30. The van der Waals surface area contributed by atoms with E-state index in [0.29, 0.717) is 5.92 Å². The van der Waals surface area contributed by atoms with E-state index < -0.39 is 0 Å². The van der Waals surface area contributed by atoms with Gasteiger partial charge in [0.1, 0.15) is 6.29 Å². The van der Waals surface area contributed by atoms with E-state index in [1.807, 2.05) is 0 Å². The third kappa shape index (κ3) is 1.93. The molecule has 0 N–H and O–H groups in total. The second-order valence-corrected chi connectivity index (χ2v) is 4.75. The van der Waals surface area contributed by atoms with Crippen molar-refractivity contribution in [1.29, 1.82) is 0 Å². The van der Waals surface area contributed by atoms with E-state index in [0.717, 1.165) is 31.2 Å². The van der Waals surface area contributed by atoms with Crippen molar-refractivity contribution in [3.63, 3.8) is 0 Å². The Hall–Kier alpha value is -0.370. The maximum Gasteiger partial charge on any atom is 0.124 e. The Morgan fingerprint density at radius 2 is 2.15 bits per heavy atom. The van der Waals surface area contributed by atoms with Crippen LogP contribution < -0.4 is 0 Å². The molecule has 2 heteroatoms. The molecule has 13 heavy (non-hydrogen) atoms. The van der Waals surface area contributed by atoms with E-state index in [4.69, 9.17) is 0 Å². The molecule has 74 valence electrons. The molecule has 2 aliphatic heterocycles. The number of hydrogen-bond acceptors (Lipinski definition) is 2. The highest BCUT2D eigenvalue weighted by molar-refractivity contribution is 5.54. The Labute approximate surface area is 80.3 Å². The summed E-state index contributed by atoms with van der Waals surface area (Å²) in [6.45, 7) is 4.60. The molecule has 0 aromatic heterocycles. The van der Waals surface area contributed by atoms with Crippen molar-refractivity contribution >= 4 is 6.29 Å². The standard InChI is InChI=1S/C11H19NO/c1-9-4-5-12-7-10(8-13)2-3-11(12)6-9/h8-11H,2-7H2,1H3/t9?,10-,11?/m1/s1. The molecular weight excluding hydrogens is 162 g/mol. The van der Waals surface area contributed by atoms with Crippen LogP contribution in [0.2, 0.25) is 0 Å². The minimum absolute atomic E-state index is 0.324. The lowest BCUT2D eigenvalue weighted by molar-refractivity contribution is -0.113. The summed E-state index contributed by atoms with van der Waals surface area (Å²) in [7, 11) is 0. The van der Waals surface area contributed by atoms with Gasteiger partial charge in [-0.3, -0.25) is 4.90 Å². The molecular formula is C11H19NO. The van der Waals surface area contributed by atoms with Crippen LogP contribution in [-0.2, 0) is 4.79 Å². The summed E-state index contributed by atoms with van der Waals surface area (Å²) < 4.78 is 0. The summed E-state index contributed by atoms with van der Waals surface area (Å²) in [5, 5.41) is 0. The predicted octanol–water partition coefficient (Wildman–Crippen LogP) is 1.70. The van der Waals surface area contributed by atoms with Crippen molar-refractivity contribution < 1.29 is 4.79 Å². The molecule has 2 fully saturated rings. The summed E-state index contributed by atoms with van der Waals surface area (Å²) >= 11 is 0. The van der Waals surface area contributed by atoms with Gasteiger partial charge in [0.15, 0.2) is 0 Å². The van der Waals surface area contributed by atoms with Gasteiger partial charge >= 0.3 is 0 Å². The van der Waals surface area contributed by atoms with Gasteiger partial charge < -0.3 is 4.79 Å². The van der Waals surface area contributed by atoms with Gasteiger partial charge in [0, 0.05) is 18.5 Å². The van der Waals surface area contributed by atoms with Crippen LogP contribution in [0.3, 0.4) is 0 Å². The first-order chi connectivity index (χ1) is 6.29. The molecule has 2 nitrogen and oxygen atoms in total. The van der Waals surface area contributed by atoms with E-state index in [1.54, 1.807) is 0 Å². The van der Waals surface area contributed by atoms with Gasteiger partial charge in [-0.2, -0.15) is 0 Å². The molecule has 0 aliphatic carbocycles. The average molecular weight is 181 g/mol. The molecule has 0 spiro atoms. The van der Waals surface area contributed by atoms with Crippen molar-refractivity contribution in [2.45, 2.75) is 38.6 Å². The minimum atomic E-state index is 0.324. The van der Waals surface area contributed by atoms with Gasteiger partial charge in [-0.15, -0.1) is 0 Å². The maximum absolute atomic E-state index is 10.7. The highest BCUT2D eigenvalue weighted by atomic mass is 16.1. The Balaban J connectivity index is 1.94.